The van der Waals surface area contributed by atoms with E-state index < -0.39 is 5.97 Å². The molecule has 0 bridgehead atoms. The molecule has 0 amide bonds. The fraction of sp³-hybridized carbons (Fsp3) is 0. The summed E-state index contributed by atoms with van der Waals surface area (Å²) in [5.74, 6) is -0.879. The Balaban J connectivity index is 0.000000810. The number of carboxylic acid groups (broad SMARTS) is 1. The Bertz CT molecular complexity index is 208. The summed E-state index contributed by atoms with van der Waals surface area (Å²) >= 11 is 0. The second-order valence-electron chi connectivity index (χ2n) is 1.67. The van der Waals surface area contributed by atoms with E-state index in [9.17, 15) is 4.79 Å². The van der Waals surface area contributed by atoms with Gasteiger partial charge in [-0.05, 0) is 12.1 Å². The third-order valence-corrected chi connectivity index (χ3v) is 1.02. The summed E-state index contributed by atoms with van der Waals surface area (Å²) < 4.78 is 0. The van der Waals surface area contributed by atoms with Crippen LogP contribution in [0.25, 0.3) is 0 Å². The zero-order valence-electron chi connectivity index (χ0n) is 5.01. The molecular formula is C7H6O2Yb. The van der Waals surface area contributed by atoms with Crippen LogP contribution in [0, 0.1) is 46.9 Å². The third kappa shape index (κ3) is 2.86. The monoisotopic (exact) mass is 296 g/mol. The zero-order valence-corrected chi connectivity index (χ0v) is 6.72. The molecule has 1 N–H and O–H groups in total. The van der Waals surface area contributed by atoms with Gasteiger partial charge in [-0.15, -0.1) is 0 Å². The molecule has 0 saturated carbocycles. The van der Waals surface area contributed by atoms with Crippen LogP contribution < -0.4 is 0 Å². The maximum absolute atomic E-state index is 10.2. The molecule has 0 radical (unpaired) electrons. The number of hydrogen-bond donors (Lipinski definition) is 1. The molecule has 1 aromatic rings. The molecule has 2 nitrogen and oxygen atoms in total. The van der Waals surface area contributed by atoms with Gasteiger partial charge in [-0.3, -0.25) is 0 Å². The van der Waals surface area contributed by atoms with Gasteiger partial charge in [0.05, 0.1) is 5.56 Å². The average Bonchev–Trinajstić information content (AvgIpc) is 1.90. The number of benzene rings is 1. The van der Waals surface area contributed by atoms with E-state index in [-0.39, 0.29) is 46.9 Å². The molecule has 0 aliphatic carbocycles. The molecule has 0 aliphatic rings. The maximum atomic E-state index is 10.2. The van der Waals surface area contributed by atoms with E-state index in [2.05, 4.69) is 0 Å². The molecule has 3 heteroatoms. The van der Waals surface area contributed by atoms with Crippen molar-refractivity contribution in [2.24, 2.45) is 0 Å². The van der Waals surface area contributed by atoms with Crippen molar-refractivity contribution in [2.45, 2.75) is 0 Å². The van der Waals surface area contributed by atoms with Gasteiger partial charge in [0, 0.05) is 46.9 Å². The normalized spacial score (nSPS) is 8.00. The molecule has 0 heterocycles. The van der Waals surface area contributed by atoms with Crippen LogP contribution >= 0.6 is 0 Å². The maximum Gasteiger partial charge on any atom is 0.335 e. The molecule has 0 aromatic heterocycles. The topological polar surface area (TPSA) is 37.3 Å². The molecule has 0 aliphatic heterocycles. The standard InChI is InChI=1S/C7H6O2.Yb/c8-7(9)6-4-2-1-3-5-6;/h1-5H,(H,8,9);. The number of carboxylic acids is 1. The summed E-state index contributed by atoms with van der Waals surface area (Å²) in [6.07, 6.45) is 0. The van der Waals surface area contributed by atoms with Gasteiger partial charge in [-0.25, -0.2) is 4.79 Å². The van der Waals surface area contributed by atoms with Gasteiger partial charge in [-0.1, -0.05) is 18.2 Å². The zero-order chi connectivity index (χ0) is 6.69. The number of aromatic carboxylic acids is 1. The minimum atomic E-state index is -0.879. The molecule has 0 unspecified atom stereocenters. The molecule has 1 rings (SSSR count). The van der Waals surface area contributed by atoms with E-state index in [1.165, 1.54) is 0 Å². The van der Waals surface area contributed by atoms with Crippen LogP contribution in [0.4, 0.5) is 0 Å². The smallest absolute Gasteiger partial charge is 0.335 e. The molecule has 1 aromatic carbocycles. The molecule has 0 fully saturated rings. The SMILES string of the molecule is O=C(O)c1ccccc1.[Yb]. The number of rotatable bonds is 1. The summed E-state index contributed by atoms with van der Waals surface area (Å²) in [6.45, 7) is 0. The third-order valence-electron chi connectivity index (χ3n) is 1.02. The summed E-state index contributed by atoms with van der Waals surface area (Å²) in [5.41, 5.74) is 0.331. The molecular weight excluding hydrogens is 289 g/mol. The van der Waals surface area contributed by atoms with Crippen LogP contribution in [0.15, 0.2) is 30.3 Å². The van der Waals surface area contributed by atoms with Crippen molar-refractivity contribution in [3.05, 3.63) is 35.9 Å². The van der Waals surface area contributed by atoms with Gasteiger partial charge in [0.25, 0.3) is 0 Å². The summed E-state index contributed by atoms with van der Waals surface area (Å²) in [5, 5.41) is 8.38. The minimum absolute atomic E-state index is 0. The van der Waals surface area contributed by atoms with Crippen LogP contribution in [-0.2, 0) is 0 Å². The van der Waals surface area contributed by atoms with Crippen LogP contribution in [0.1, 0.15) is 10.4 Å². The summed E-state index contributed by atoms with van der Waals surface area (Å²) in [6, 6.07) is 8.30. The van der Waals surface area contributed by atoms with E-state index in [1.807, 2.05) is 0 Å². The second-order valence-corrected chi connectivity index (χ2v) is 1.67. The van der Waals surface area contributed by atoms with Crippen LogP contribution in [0.3, 0.4) is 0 Å². The second kappa shape index (κ2) is 4.94. The van der Waals surface area contributed by atoms with Gasteiger partial charge < -0.3 is 5.11 Å². The first-order valence-electron chi connectivity index (χ1n) is 2.59. The quantitative estimate of drug-likeness (QED) is 0.850. The Kier molecular flexibility index (Phi) is 5.04. The predicted molar refractivity (Wildman–Crippen MR) is 33.4 cm³/mol. The Morgan fingerprint density at radius 2 is 1.70 bits per heavy atom. The fourth-order valence-corrected chi connectivity index (χ4v) is 0.581. The van der Waals surface area contributed by atoms with Gasteiger partial charge in [0.2, 0.25) is 0 Å². The van der Waals surface area contributed by atoms with Gasteiger partial charge >= 0.3 is 5.97 Å². The van der Waals surface area contributed by atoms with Crippen molar-refractivity contribution in [1.29, 1.82) is 0 Å². The summed E-state index contributed by atoms with van der Waals surface area (Å²) in [4.78, 5) is 10.2. The van der Waals surface area contributed by atoms with E-state index in [4.69, 9.17) is 5.11 Å². The fourth-order valence-electron chi connectivity index (χ4n) is 0.581. The Morgan fingerprint density at radius 3 is 2.00 bits per heavy atom. The van der Waals surface area contributed by atoms with Crippen LogP contribution in [-0.4, -0.2) is 11.1 Å². The number of hydrogen-bond acceptors (Lipinski definition) is 1. The number of carbonyl (C=O) groups is 1. The molecule has 10 heavy (non-hydrogen) atoms. The summed E-state index contributed by atoms with van der Waals surface area (Å²) in [7, 11) is 0. The minimum Gasteiger partial charge on any atom is -0.478 e. The van der Waals surface area contributed by atoms with E-state index in [0.717, 1.165) is 0 Å². The predicted octanol–water partition coefficient (Wildman–Crippen LogP) is 1.38. The van der Waals surface area contributed by atoms with Crippen molar-refractivity contribution in [1.82, 2.24) is 0 Å². The van der Waals surface area contributed by atoms with Crippen molar-refractivity contribution < 1.29 is 56.8 Å². The average molecular weight is 295 g/mol. The Hall–Kier alpha value is 0.209. The van der Waals surface area contributed by atoms with E-state index in [1.54, 1.807) is 30.3 Å². The first-order chi connectivity index (χ1) is 4.30. The Labute approximate surface area is 97.5 Å². The van der Waals surface area contributed by atoms with Gasteiger partial charge in [0.15, 0.2) is 0 Å². The largest absolute Gasteiger partial charge is 0.478 e. The van der Waals surface area contributed by atoms with Crippen LogP contribution in [0.5, 0.6) is 0 Å². The van der Waals surface area contributed by atoms with Crippen molar-refractivity contribution >= 4 is 5.97 Å². The Morgan fingerprint density at radius 1 is 1.20 bits per heavy atom. The van der Waals surface area contributed by atoms with Gasteiger partial charge in [0.1, 0.15) is 0 Å². The first kappa shape index (κ1) is 10.2. The van der Waals surface area contributed by atoms with E-state index >= 15 is 0 Å². The molecule has 0 saturated heterocycles. The van der Waals surface area contributed by atoms with Crippen molar-refractivity contribution in [3.8, 4) is 0 Å². The van der Waals surface area contributed by atoms with Gasteiger partial charge in [-0.2, -0.15) is 0 Å². The first-order valence-corrected chi connectivity index (χ1v) is 2.59. The molecule has 0 atom stereocenters. The van der Waals surface area contributed by atoms with Crippen LogP contribution in [0.2, 0.25) is 0 Å². The van der Waals surface area contributed by atoms with E-state index in [0.29, 0.717) is 5.56 Å². The molecule has 60 valence electrons. The van der Waals surface area contributed by atoms with Crippen molar-refractivity contribution in [2.75, 3.05) is 0 Å². The molecule has 0 spiro atoms. The van der Waals surface area contributed by atoms with Crippen molar-refractivity contribution in [3.63, 3.8) is 0 Å².